The number of anilines is 1. The van der Waals surface area contributed by atoms with E-state index in [2.05, 4.69) is 20.8 Å². The van der Waals surface area contributed by atoms with E-state index in [9.17, 15) is 13.2 Å². The second-order valence-corrected chi connectivity index (χ2v) is 8.66. The van der Waals surface area contributed by atoms with E-state index in [0.717, 1.165) is 18.5 Å². The van der Waals surface area contributed by atoms with Gasteiger partial charge in [-0.05, 0) is 54.8 Å². The van der Waals surface area contributed by atoms with Crippen molar-refractivity contribution in [3.8, 4) is 5.69 Å². The Hall–Kier alpha value is -2.33. The summed E-state index contributed by atoms with van der Waals surface area (Å²) < 4.78 is 28.0. The molecule has 3 rings (SSSR count). The maximum atomic E-state index is 12.8. The van der Waals surface area contributed by atoms with Crippen molar-refractivity contribution in [3.63, 3.8) is 0 Å². The molecule has 1 aromatic heterocycles. The number of hydrogen-bond acceptors (Lipinski definition) is 6. The number of aromatic nitrogens is 4. The minimum atomic E-state index is -3.43. The number of sulfonamides is 1. The fourth-order valence-electron chi connectivity index (χ4n) is 3.29. The highest BCUT2D eigenvalue weighted by Crippen LogP contribution is 2.23. The third kappa shape index (κ3) is 4.33. The zero-order valence-corrected chi connectivity index (χ0v) is 16.3. The monoisotopic (exact) mass is 392 g/mol. The summed E-state index contributed by atoms with van der Waals surface area (Å²) in [6.07, 6.45) is 2.67. The number of tetrazole rings is 1. The highest BCUT2D eigenvalue weighted by atomic mass is 32.2. The van der Waals surface area contributed by atoms with Gasteiger partial charge in [0.05, 0.1) is 11.4 Å². The van der Waals surface area contributed by atoms with E-state index < -0.39 is 16.1 Å². The number of carbonyl (C=O) groups excluding carboxylic acids is 1. The van der Waals surface area contributed by atoms with Gasteiger partial charge in [0, 0.05) is 12.2 Å². The largest absolute Gasteiger partial charge is 0.325 e. The Labute approximate surface area is 158 Å². The zero-order chi connectivity index (χ0) is 19.4. The lowest BCUT2D eigenvalue weighted by Crippen LogP contribution is -2.50. The van der Waals surface area contributed by atoms with Crippen LogP contribution >= 0.6 is 0 Å². The van der Waals surface area contributed by atoms with Crippen LogP contribution in [0.25, 0.3) is 5.69 Å². The molecule has 1 aliphatic heterocycles. The van der Waals surface area contributed by atoms with Crippen LogP contribution in [0.4, 0.5) is 5.69 Å². The maximum absolute atomic E-state index is 12.8. The van der Waals surface area contributed by atoms with Crippen LogP contribution in [0.3, 0.4) is 0 Å². The molecule has 1 aliphatic rings. The van der Waals surface area contributed by atoms with Crippen LogP contribution < -0.4 is 5.32 Å². The number of benzene rings is 1. The van der Waals surface area contributed by atoms with Gasteiger partial charge in [0.2, 0.25) is 15.9 Å². The molecule has 0 saturated carbocycles. The van der Waals surface area contributed by atoms with Crippen LogP contribution in [0, 0.1) is 6.92 Å². The van der Waals surface area contributed by atoms with Gasteiger partial charge < -0.3 is 5.32 Å². The number of nitrogens with one attached hydrogen (secondary N) is 1. The van der Waals surface area contributed by atoms with Gasteiger partial charge in [0.25, 0.3) is 0 Å². The summed E-state index contributed by atoms with van der Waals surface area (Å²) in [6.45, 7) is 4.00. The van der Waals surface area contributed by atoms with Gasteiger partial charge in [-0.15, -0.1) is 5.10 Å². The van der Waals surface area contributed by atoms with E-state index in [4.69, 9.17) is 0 Å². The van der Waals surface area contributed by atoms with Gasteiger partial charge in [-0.1, -0.05) is 19.4 Å². The molecule has 1 aromatic carbocycles. The van der Waals surface area contributed by atoms with Gasteiger partial charge in [0.1, 0.15) is 6.04 Å². The Morgan fingerprint density at radius 1 is 1.33 bits per heavy atom. The zero-order valence-electron chi connectivity index (χ0n) is 15.5. The highest BCUT2D eigenvalue weighted by Gasteiger charge is 2.36. The number of aryl methyl sites for hydroxylation is 1. The van der Waals surface area contributed by atoms with Crippen molar-refractivity contribution in [3.05, 3.63) is 30.1 Å². The molecule has 0 spiro atoms. The molecule has 1 N–H and O–H groups in total. The summed E-state index contributed by atoms with van der Waals surface area (Å²) in [5, 5.41) is 14.2. The van der Waals surface area contributed by atoms with Gasteiger partial charge in [0.15, 0.2) is 5.82 Å². The Morgan fingerprint density at radius 2 is 2.15 bits per heavy atom. The molecule has 1 amide bonds. The van der Waals surface area contributed by atoms with Crippen LogP contribution in [0.1, 0.15) is 38.4 Å². The standard InChI is InChI=1S/C17H24N6O3S/c1-3-11-27(25,26)22-10-5-4-9-16(22)17(24)18-14-7-6-8-15(12-14)23-13(2)19-20-21-23/h6-8,12,16H,3-5,9-11H2,1-2H3,(H,18,24). The molecule has 1 atom stereocenters. The van der Waals surface area contributed by atoms with Crippen LogP contribution in [-0.4, -0.2) is 57.2 Å². The summed E-state index contributed by atoms with van der Waals surface area (Å²) in [4.78, 5) is 12.8. The van der Waals surface area contributed by atoms with Crippen molar-refractivity contribution in [1.29, 1.82) is 0 Å². The van der Waals surface area contributed by atoms with E-state index in [0.29, 0.717) is 30.9 Å². The molecule has 2 aromatic rings. The SMILES string of the molecule is CCCS(=O)(=O)N1CCCCC1C(=O)Nc1cccc(-n2nnnc2C)c1. The lowest BCUT2D eigenvalue weighted by Gasteiger charge is -2.33. The summed E-state index contributed by atoms with van der Waals surface area (Å²) in [7, 11) is -3.43. The first-order valence-corrected chi connectivity index (χ1v) is 10.7. The minimum absolute atomic E-state index is 0.0604. The third-order valence-corrected chi connectivity index (χ3v) is 6.64. The fourth-order valence-corrected chi connectivity index (χ4v) is 5.03. The normalized spacial score (nSPS) is 18.4. The molecule has 0 radical (unpaired) electrons. The number of hydrogen-bond donors (Lipinski definition) is 1. The molecule has 9 nitrogen and oxygen atoms in total. The molecule has 1 unspecified atom stereocenters. The van der Waals surface area contributed by atoms with Gasteiger partial charge in [-0.3, -0.25) is 4.79 Å². The first-order valence-electron chi connectivity index (χ1n) is 9.08. The molecule has 0 bridgehead atoms. The van der Waals surface area contributed by atoms with Gasteiger partial charge >= 0.3 is 0 Å². The molecular formula is C17H24N6O3S. The van der Waals surface area contributed by atoms with Crippen molar-refractivity contribution in [1.82, 2.24) is 24.5 Å². The average Bonchev–Trinajstić information content (AvgIpc) is 3.08. The van der Waals surface area contributed by atoms with Crippen LogP contribution in [0.15, 0.2) is 24.3 Å². The molecule has 2 heterocycles. The molecule has 1 saturated heterocycles. The number of amides is 1. The maximum Gasteiger partial charge on any atom is 0.242 e. The van der Waals surface area contributed by atoms with Crippen LogP contribution in [-0.2, 0) is 14.8 Å². The second-order valence-electron chi connectivity index (χ2n) is 6.62. The molecule has 0 aliphatic carbocycles. The average molecular weight is 392 g/mol. The van der Waals surface area contributed by atoms with Crippen molar-refractivity contribution < 1.29 is 13.2 Å². The quantitative estimate of drug-likeness (QED) is 0.798. The van der Waals surface area contributed by atoms with Crippen LogP contribution in [0.2, 0.25) is 0 Å². The lowest BCUT2D eigenvalue weighted by molar-refractivity contribution is -0.120. The Kier molecular flexibility index (Phi) is 5.85. The summed E-state index contributed by atoms with van der Waals surface area (Å²) >= 11 is 0. The third-order valence-electron chi connectivity index (χ3n) is 4.56. The number of rotatable bonds is 6. The van der Waals surface area contributed by atoms with E-state index in [1.165, 1.54) is 4.31 Å². The topological polar surface area (TPSA) is 110 Å². The van der Waals surface area contributed by atoms with E-state index in [1.807, 2.05) is 13.0 Å². The smallest absolute Gasteiger partial charge is 0.242 e. The highest BCUT2D eigenvalue weighted by molar-refractivity contribution is 7.89. The summed E-state index contributed by atoms with van der Waals surface area (Å²) in [6, 6.07) is 6.47. The first-order chi connectivity index (χ1) is 12.9. The number of carbonyl (C=O) groups is 1. The number of nitrogens with zero attached hydrogens (tertiary/aromatic N) is 5. The second kappa shape index (κ2) is 8.13. The molecule has 10 heteroatoms. The number of piperidine rings is 1. The van der Waals surface area contributed by atoms with Crippen LogP contribution in [0.5, 0.6) is 0 Å². The van der Waals surface area contributed by atoms with Crippen molar-refractivity contribution >= 4 is 21.6 Å². The van der Waals surface area contributed by atoms with E-state index in [1.54, 1.807) is 29.8 Å². The molecule has 1 fully saturated rings. The van der Waals surface area contributed by atoms with Gasteiger partial charge in [-0.2, -0.15) is 8.99 Å². The molecule has 27 heavy (non-hydrogen) atoms. The van der Waals surface area contributed by atoms with Crippen molar-refractivity contribution in [2.75, 3.05) is 17.6 Å². The first kappa shape index (κ1) is 19.4. The minimum Gasteiger partial charge on any atom is -0.325 e. The molecule has 146 valence electrons. The van der Waals surface area contributed by atoms with E-state index in [-0.39, 0.29) is 11.7 Å². The predicted octanol–water partition coefficient (Wildman–Crippen LogP) is 1.50. The Bertz CT molecular complexity index is 911. The Balaban J connectivity index is 1.79. The molecular weight excluding hydrogens is 368 g/mol. The lowest BCUT2D eigenvalue weighted by atomic mass is 10.0. The summed E-state index contributed by atoms with van der Waals surface area (Å²) in [5.74, 6) is 0.382. The van der Waals surface area contributed by atoms with Crippen molar-refractivity contribution in [2.45, 2.75) is 45.6 Å². The summed E-state index contributed by atoms with van der Waals surface area (Å²) in [5.41, 5.74) is 1.29. The fraction of sp³-hybridized carbons (Fsp3) is 0.529. The Morgan fingerprint density at radius 3 is 2.85 bits per heavy atom. The van der Waals surface area contributed by atoms with Gasteiger partial charge in [-0.25, -0.2) is 8.42 Å². The predicted molar refractivity (Wildman–Crippen MR) is 101 cm³/mol. The van der Waals surface area contributed by atoms with E-state index >= 15 is 0 Å². The van der Waals surface area contributed by atoms with Crippen molar-refractivity contribution in [2.24, 2.45) is 0 Å².